The van der Waals surface area contributed by atoms with Crippen molar-refractivity contribution in [2.45, 2.75) is 93.0 Å². The average Bonchev–Trinajstić information content (AvgIpc) is 2.96. The van der Waals surface area contributed by atoms with Crippen LogP contribution in [0.2, 0.25) is 0 Å². The number of Topliss-reactive ketones (excluding diaryl/α,β-unsaturated/α-hetero) is 1. The van der Waals surface area contributed by atoms with Crippen LogP contribution in [0, 0.1) is 36.0 Å². The summed E-state index contributed by atoms with van der Waals surface area (Å²) in [5, 5.41) is 9.49. The van der Waals surface area contributed by atoms with Crippen LogP contribution in [0.1, 0.15) is 110 Å². The van der Waals surface area contributed by atoms with E-state index in [1.165, 1.54) is 12.8 Å². The quantitative estimate of drug-likeness (QED) is 0.328. The molecule has 1 fully saturated rings. The molecule has 4 atom stereocenters. The van der Waals surface area contributed by atoms with Crippen molar-refractivity contribution in [3.05, 3.63) is 57.9 Å². The molecule has 1 saturated carbocycles. The zero-order chi connectivity index (χ0) is 27.1. The first kappa shape index (κ1) is 27.3. The van der Waals surface area contributed by atoms with Gasteiger partial charge >= 0.3 is 5.97 Å². The molecular weight excluding hydrogens is 462 g/mol. The molecule has 1 aromatic heterocycles. The van der Waals surface area contributed by atoms with Gasteiger partial charge in [-0.2, -0.15) is 0 Å². The van der Waals surface area contributed by atoms with Gasteiger partial charge in [-0.15, -0.1) is 0 Å². The van der Waals surface area contributed by atoms with Crippen LogP contribution in [-0.4, -0.2) is 27.2 Å². The number of aromatic nitrogens is 1. The summed E-state index contributed by atoms with van der Waals surface area (Å²) in [6.45, 7) is 12.8. The molecule has 5 nitrogen and oxygen atoms in total. The molecule has 37 heavy (non-hydrogen) atoms. The van der Waals surface area contributed by atoms with Crippen molar-refractivity contribution in [2.75, 3.05) is 0 Å². The van der Waals surface area contributed by atoms with Crippen LogP contribution in [-0.2, 0) is 24.2 Å². The SMILES string of the molecule is Cc1c(C(=O)c2ccc(C(=O)C(C)C3CCC(C)CC(C)C3)cc2)c2c(n1CC(=O)O)CCC(C)(C)C2. The lowest BCUT2D eigenvalue weighted by atomic mass is 9.75. The van der Waals surface area contributed by atoms with E-state index in [2.05, 4.69) is 34.6 Å². The molecule has 0 bridgehead atoms. The van der Waals surface area contributed by atoms with Crippen molar-refractivity contribution in [3.63, 3.8) is 0 Å². The zero-order valence-electron chi connectivity index (χ0n) is 23.4. The standard InChI is InChI=1S/C32H43NO4/c1-19-7-8-25(16-20(2)15-19)21(3)30(36)23-9-11-24(12-10-23)31(37)29-22(4)33(18-28(34)35)27-13-14-32(5,6)17-26(27)29/h9-12,19-21,25H,7-8,13-18H2,1-6H3,(H,34,35). The third-order valence-electron chi connectivity index (χ3n) is 9.05. The molecule has 5 heteroatoms. The minimum atomic E-state index is -0.903. The third-order valence-corrected chi connectivity index (χ3v) is 9.05. The Hall–Kier alpha value is -2.69. The molecule has 0 amide bonds. The van der Waals surface area contributed by atoms with Crippen molar-refractivity contribution >= 4 is 17.5 Å². The maximum absolute atomic E-state index is 13.8. The Morgan fingerprint density at radius 3 is 2.32 bits per heavy atom. The summed E-state index contributed by atoms with van der Waals surface area (Å²) in [5.74, 6) is 0.904. The van der Waals surface area contributed by atoms with E-state index in [1.54, 1.807) is 24.3 Å². The van der Waals surface area contributed by atoms with Gasteiger partial charge in [-0.1, -0.05) is 65.3 Å². The second-order valence-electron chi connectivity index (χ2n) is 12.8. The summed E-state index contributed by atoms with van der Waals surface area (Å²) in [5.41, 5.74) is 4.60. The number of carboxylic acid groups (broad SMARTS) is 1. The Bertz CT molecular complexity index is 1190. The van der Waals surface area contributed by atoms with Gasteiger partial charge in [-0.25, -0.2) is 0 Å². The predicted octanol–water partition coefficient (Wildman–Crippen LogP) is 6.91. The van der Waals surface area contributed by atoms with Crippen LogP contribution in [0.5, 0.6) is 0 Å². The normalized spacial score (nSPS) is 24.1. The first-order valence-electron chi connectivity index (χ1n) is 14.0. The number of hydrogen-bond acceptors (Lipinski definition) is 3. The molecule has 1 aromatic carbocycles. The number of carbonyl (C=O) groups is 3. The smallest absolute Gasteiger partial charge is 0.323 e. The van der Waals surface area contributed by atoms with Crippen molar-refractivity contribution in [1.29, 1.82) is 0 Å². The van der Waals surface area contributed by atoms with Crippen LogP contribution >= 0.6 is 0 Å². The average molecular weight is 506 g/mol. The van der Waals surface area contributed by atoms with Gasteiger partial charge in [0.25, 0.3) is 0 Å². The van der Waals surface area contributed by atoms with Crippen molar-refractivity contribution < 1.29 is 19.5 Å². The van der Waals surface area contributed by atoms with Crippen molar-refractivity contribution in [3.8, 4) is 0 Å². The van der Waals surface area contributed by atoms with Crippen molar-refractivity contribution in [1.82, 2.24) is 4.57 Å². The van der Waals surface area contributed by atoms with E-state index in [4.69, 9.17) is 0 Å². The Labute approximate surface area is 221 Å². The van der Waals surface area contributed by atoms with E-state index in [0.717, 1.165) is 55.0 Å². The lowest BCUT2D eigenvalue weighted by Crippen LogP contribution is -2.24. The highest BCUT2D eigenvalue weighted by Gasteiger charge is 2.35. The number of ketones is 2. The molecule has 0 spiro atoms. The summed E-state index contributed by atoms with van der Waals surface area (Å²) in [6.07, 6.45) is 7.11. The molecule has 0 radical (unpaired) electrons. The van der Waals surface area contributed by atoms with E-state index in [-0.39, 0.29) is 29.4 Å². The van der Waals surface area contributed by atoms with Crippen LogP contribution in [0.4, 0.5) is 0 Å². The number of carboxylic acids is 1. The molecule has 0 saturated heterocycles. The van der Waals surface area contributed by atoms with Gasteiger partial charge in [0.1, 0.15) is 6.54 Å². The maximum Gasteiger partial charge on any atom is 0.323 e. The van der Waals surface area contributed by atoms with Crippen molar-refractivity contribution in [2.24, 2.45) is 29.1 Å². The number of carbonyl (C=O) groups excluding carboxylic acids is 2. The van der Waals surface area contributed by atoms with E-state index in [0.29, 0.717) is 28.5 Å². The second-order valence-corrected chi connectivity index (χ2v) is 12.8. The number of hydrogen-bond donors (Lipinski definition) is 1. The topological polar surface area (TPSA) is 76.4 Å². The Balaban J connectivity index is 1.59. The van der Waals surface area contributed by atoms with Crippen LogP contribution in [0.15, 0.2) is 24.3 Å². The van der Waals surface area contributed by atoms with Gasteiger partial charge in [0.15, 0.2) is 11.6 Å². The molecule has 1 N–H and O–H groups in total. The third kappa shape index (κ3) is 5.76. The van der Waals surface area contributed by atoms with E-state index < -0.39 is 5.97 Å². The number of benzene rings is 1. The highest BCUT2D eigenvalue weighted by molar-refractivity contribution is 6.11. The fourth-order valence-electron chi connectivity index (χ4n) is 6.91. The highest BCUT2D eigenvalue weighted by atomic mass is 16.4. The summed E-state index contributed by atoms with van der Waals surface area (Å²) in [4.78, 5) is 38.7. The maximum atomic E-state index is 13.8. The van der Waals surface area contributed by atoms with Gasteiger partial charge in [0.05, 0.1) is 0 Å². The van der Waals surface area contributed by atoms with E-state index >= 15 is 0 Å². The predicted molar refractivity (Wildman–Crippen MR) is 146 cm³/mol. The highest BCUT2D eigenvalue weighted by Crippen LogP contribution is 2.40. The Kier molecular flexibility index (Phi) is 7.83. The monoisotopic (exact) mass is 505 g/mol. The Morgan fingerprint density at radius 1 is 1.03 bits per heavy atom. The molecule has 2 aromatic rings. The summed E-state index contributed by atoms with van der Waals surface area (Å²) in [6, 6.07) is 7.15. The molecule has 2 aliphatic carbocycles. The van der Waals surface area contributed by atoms with Gasteiger partial charge in [0.2, 0.25) is 0 Å². The number of aliphatic carboxylic acids is 1. The number of nitrogens with zero attached hydrogens (tertiary/aromatic N) is 1. The first-order valence-corrected chi connectivity index (χ1v) is 14.0. The van der Waals surface area contributed by atoms with Crippen LogP contribution < -0.4 is 0 Å². The summed E-state index contributed by atoms with van der Waals surface area (Å²) in [7, 11) is 0. The van der Waals surface area contributed by atoms with Gasteiger partial charge in [-0.05, 0) is 74.2 Å². The van der Waals surface area contributed by atoms with Crippen LogP contribution in [0.25, 0.3) is 0 Å². The lowest BCUT2D eigenvalue weighted by molar-refractivity contribution is -0.137. The van der Waals surface area contributed by atoms with E-state index in [9.17, 15) is 19.5 Å². The minimum absolute atomic E-state index is 0.0316. The first-order chi connectivity index (χ1) is 17.4. The largest absolute Gasteiger partial charge is 0.480 e. The summed E-state index contributed by atoms with van der Waals surface area (Å²) < 4.78 is 1.81. The van der Waals surface area contributed by atoms with Gasteiger partial charge in [0, 0.05) is 34.0 Å². The van der Waals surface area contributed by atoms with Gasteiger partial charge < -0.3 is 9.67 Å². The fraction of sp³-hybridized carbons (Fsp3) is 0.594. The van der Waals surface area contributed by atoms with E-state index in [1.807, 2.05) is 11.5 Å². The molecule has 4 unspecified atom stereocenters. The molecular formula is C32H43NO4. The molecule has 200 valence electrons. The lowest BCUT2D eigenvalue weighted by Gasteiger charge is -2.30. The fourth-order valence-corrected chi connectivity index (χ4v) is 6.91. The molecule has 4 rings (SSSR count). The molecule has 2 aliphatic rings. The summed E-state index contributed by atoms with van der Waals surface area (Å²) >= 11 is 0. The van der Waals surface area contributed by atoms with Gasteiger partial charge in [-0.3, -0.25) is 14.4 Å². The molecule has 1 heterocycles. The number of fused-ring (bicyclic) bond motifs is 1. The van der Waals surface area contributed by atoms with Crippen LogP contribution in [0.3, 0.4) is 0 Å². The molecule has 0 aliphatic heterocycles. The second kappa shape index (κ2) is 10.6. The Morgan fingerprint density at radius 2 is 1.68 bits per heavy atom. The number of rotatable bonds is 7. The minimum Gasteiger partial charge on any atom is -0.480 e. The zero-order valence-corrected chi connectivity index (χ0v) is 23.4.